The quantitative estimate of drug-likeness (QED) is 0.152. The number of hydrogen-bond donors (Lipinski definition) is 2. The van der Waals surface area contributed by atoms with Crippen LogP contribution in [0, 0.1) is 6.92 Å². The van der Waals surface area contributed by atoms with Crippen molar-refractivity contribution in [3.8, 4) is 22.3 Å². The molecule has 8 rings (SSSR count). The van der Waals surface area contributed by atoms with Crippen molar-refractivity contribution in [2.75, 3.05) is 0 Å². The summed E-state index contributed by atoms with van der Waals surface area (Å²) in [6.45, 7) is 19.4. The summed E-state index contributed by atoms with van der Waals surface area (Å²) in [5.41, 5.74) is 31.4. The van der Waals surface area contributed by atoms with E-state index in [4.69, 9.17) is 11.5 Å². The Balaban J connectivity index is 1.45. The molecule has 0 bridgehead atoms. The van der Waals surface area contributed by atoms with Crippen LogP contribution in [0.4, 0.5) is 0 Å². The second-order valence-corrected chi connectivity index (χ2v) is 15.9. The third-order valence-corrected chi connectivity index (χ3v) is 11.9. The highest BCUT2D eigenvalue weighted by Crippen LogP contribution is 2.51. The molecule has 0 saturated heterocycles. The van der Waals surface area contributed by atoms with Gasteiger partial charge in [-0.25, -0.2) is 0 Å². The van der Waals surface area contributed by atoms with E-state index in [1.807, 2.05) is 19.1 Å². The fourth-order valence-corrected chi connectivity index (χ4v) is 9.08. The number of rotatable bonds is 8. The van der Waals surface area contributed by atoms with Gasteiger partial charge >= 0.3 is 0 Å². The van der Waals surface area contributed by atoms with Crippen LogP contribution in [0.25, 0.3) is 82.8 Å². The van der Waals surface area contributed by atoms with E-state index >= 15 is 0 Å². The zero-order valence-electron chi connectivity index (χ0n) is 34.2. The van der Waals surface area contributed by atoms with Crippen LogP contribution in [0.5, 0.6) is 0 Å². The molecule has 0 amide bonds. The standard InChI is InChI=1S/C53H52N4/c1-9-13-37(23-32(3)4)39-18-20-50-46(25-39)48-27-42-35(7)36(8)43-28-49-47-26-40(38-17-11-15-33(5)24-38)19-21-51(47)57(41(31-55)14-10-2)53(49)30-45(43)44(42)29-52(48)56(50)34(6)16-12-22-54/h9-31,35-36H,1,54-55H2,2-8H3/b14-10-,22-12-,34-16+,37-13+,41-31+. The lowest BCUT2D eigenvalue weighted by molar-refractivity contribution is 0.617. The molecule has 7 aromatic rings. The number of allylic oxidation sites excluding steroid dienone is 11. The Morgan fingerprint density at radius 2 is 1.30 bits per heavy atom. The second-order valence-electron chi connectivity index (χ2n) is 15.9. The lowest BCUT2D eigenvalue weighted by atomic mass is 9.72. The summed E-state index contributed by atoms with van der Waals surface area (Å²) < 4.78 is 4.72. The molecular weight excluding hydrogens is 693 g/mol. The van der Waals surface area contributed by atoms with Crippen molar-refractivity contribution >= 4 is 60.6 Å². The summed E-state index contributed by atoms with van der Waals surface area (Å²) in [6.07, 6.45) is 17.7. The first-order valence-electron chi connectivity index (χ1n) is 20.0. The van der Waals surface area contributed by atoms with Crippen molar-refractivity contribution in [1.29, 1.82) is 0 Å². The van der Waals surface area contributed by atoms with Gasteiger partial charge in [0.2, 0.25) is 0 Å². The first kappa shape index (κ1) is 37.4. The molecule has 0 radical (unpaired) electrons. The summed E-state index contributed by atoms with van der Waals surface area (Å²) in [7, 11) is 0. The minimum absolute atomic E-state index is 0.299. The van der Waals surface area contributed by atoms with Crippen molar-refractivity contribution < 1.29 is 0 Å². The third-order valence-electron chi connectivity index (χ3n) is 11.9. The second kappa shape index (κ2) is 14.9. The summed E-state index contributed by atoms with van der Waals surface area (Å²) >= 11 is 0. The molecule has 2 heterocycles. The van der Waals surface area contributed by atoms with Gasteiger partial charge in [-0.05, 0) is 164 Å². The lowest BCUT2D eigenvalue weighted by Crippen LogP contribution is -2.13. The molecule has 4 heteroatoms. The highest BCUT2D eigenvalue weighted by molar-refractivity contribution is 6.15. The summed E-state index contributed by atoms with van der Waals surface area (Å²) in [5, 5.41) is 4.92. The lowest BCUT2D eigenvalue weighted by Gasteiger charge is -2.32. The van der Waals surface area contributed by atoms with Gasteiger partial charge in [-0.1, -0.05) is 92.3 Å². The van der Waals surface area contributed by atoms with Gasteiger partial charge in [0.15, 0.2) is 0 Å². The molecule has 0 saturated carbocycles. The van der Waals surface area contributed by atoms with E-state index in [0.717, 1.165) is 33.5 Å². The van der Waals surface area contributed by atoms with Crippen LogP contribution in [0.2, 0.25) is 0 Å². The molecule has 284 valence electrons. The first-order chi connectivity index (χ1) is 27.6. The monoisotopic (exact) mass is 744 g/mol. The molecule has 0 fully saturated rings. The zero-order valence-corrected chi connectivity index (χ0v) is 34.2. The average Bonchev–Trinajstić information content (AvgIpc) is 3.70. The van der Waals surface area contributed by atoms with E-state index in [9.17, 15) is 0 Å². The van der Waals surface area contributed by atoms with Gasteiger partial charge in [0.25, 0.3) is 0 Å². The Kier molecular flexibility index (Phi) is 9.75. The molecule has 5 aromatic carbocycles. The van der Waals surface area contributed by atoms with Crippen LogP contribution in [-0.4, -0.2) is 9.13 Å². The maximum absolute atomic E-state index is 6.41. The van der Waals surface area contributed by atoms with Crippen molar-refractivity contribution in [2.45, 2.75) is 60.3 Å². The normalized spacial score (nSPS) is 16.4. The first-order valence-corrected chi connectivity index (χ1v) is 20.0. The maximum atomic E-state index is 6.41. The van der Waals surface area contributed by atoms with Crippen LogP contribution < -0.4 is 11.5 Å². The Hall–Kier alpha value is -6.52. The topological polar surface area (TPSA) is 61.9 Å². The Labute approximate surface area is 336 Å². The fourth-order valence-electron chi connectivity index (χ4n) is 9.08. The maximum Gasteiger partial charge on any atom is 0.0613 e. The fraction of sp³-hybridized carbons (Fsp3) is 0.170. The van der Waals surface area contributed by atoms with E-state index in [1.54, 1.807) is 12.4 Å². The summed E-state index contributed by atoms with van der Waals surface area (Å²) in [6, 6.07) is 32.2. The van der Waals surface area contributed by atoms with Crippen LogP contribution in [0.1, 0.15) is 75.6 Å². The van der Waals surface area contributed by atoms with Crippen molar-refractivity contribution in [3.63, 3.8) is 0 Å². The van der Waals surface area contributed by atoms with E-state index in [0.29, 0.717) is 11.8 Å². The smallest absolute Gasteiger partial charge is 0.0613 e. The van der Waals surface area contributed by atoms with E-state index in [1.165, 1.54) is 77.1 Å². The van der Waals surface area contributed by atoms with Gasteiger partial charge in [0.1, 0.15) is 0 Å². The number of nitrogens with two attached hydrogens (primary N) is 2. The predicted octanol–water partition coefficient (Wildman–Crippen LogP) is 14.0. The number of aryl methyl sites for hydroxylation is 1. The van der Waals surface area contributed by atoms with E-state index in [-0.39, 0.29) is 0 Å². The number of aromatic nitrogens is 2. The molecule has 1 aliphatic carbocycles. The minimum atomic E-state index is 0.299. The van der Waals surface area contributed by atoms with E-state index in [2.05, 4.69) is 173 Å². The van der Waals surface area contributed by atoms with Crippen molar-refractivity contribution in [3.05, 3.63) is 174 Å². The molecule has 0 spiro atoms. The van der Waals surface area contributed by atoms with Crippen LogP contribution in [-0.2, 0) is 0 Å². The highest BCUT2D eigenvalue weighted by atomic mass is 15.0. The number of hydrogen-bond acceptors (Lipinski definition) is 2. The molecule has 4 N–H and O–H groups in total. The van der Waals surface area contributed by atoms with Crippen LogP contribution in [0.15, 0.2) is 152 Å². The summed E-state index contributed by atoms with van der Waals surface area (Å²) in [4.78, 5) is 0. The van der Waals surface area contributed by atoms with Gasteiger partial charge in [-0.2, -0.15) is 0 Å². The zero-order chi connectivity index (χ0) is 40.1. The highest BCUT2D eigenvalue weighted by Gasteiger charge is 2.31. The Morgan fingerprint density at radius 3 is 1.91 bits per heavy atom. The van der Waals surface area contributed by atoms with Gasteiger partial charge in [-0.15, -0.1) is 0 Å². The summed E-state index contributed by atoms with van der Waals surface area (Å²) in [5.74, 6) is 0.598. The molecule has 0 aliphatic heterocycles. The van der Waals surface area contributed by atoms with Gasteiger partial charge in [-0.3, -0.25) is 0 Å². The van der Waals surface area contributed by atoms with Gasteiger partial charge in [0, 0.05) is 33.4 Å². The van der Waals surface area contributed by atoms with Crippen LogP contribution in [0.3, 0.4) is 0 Å². The molecule has 2 aromatic heterocycles. The predicted molar refractivity (Wildman–Crippen MR) is 249 cm³/mol. The molecule has 1 aliphatic rings. The van der Waals surface area contributed by atoms with Crippen LogP contribution >= 0.6 is 0 Å². The number of benzene rings is 5. The Morgan fingerprint density at radius 1 is 0.684 bits per heavy atom. The largest absolute Gasteiger partial charge is 0.405 e. The molecule has 57 heavy (non-hydrogen) atoms. The number of nitrogens with zero attached hydrogens (tertiary/aromatic N) is 2. The minimum Gasteiger partial charge on any atom is -0.405 e. The SMILES string of the molecule is C=C/C=C(\C=C(C)C)c1ccc2c(c1)c1cc3c(cc1n2/C(C)=C/C=C\N)-c1cc2c(cc1C(C)C3C)c1cc(-c3cccc(C)c3)ccc1n2C(/C=C\C)=C/N. The van der Waals surface area contributed by atoms with Gasteiger partial charge in [0.05, 0.1) is 27.8 Å². The van der Waals surface area contributed by atoms with E-state index < -0.39 is 0 Å². The molecule has 2 atom stereocenters. The average molecular weight is 745 g/mol. The Bertz CT molecular complexity index is 2960. The third kappa shape index (κ3) is 6.26. The molecular formula is C53H52N4. The molecule has 2 unspecified atom stereocenters. The molecule has 4 nitrogen and oxygen atoms in total. The van der Waals surface area contributed by atoms with Crippen molar-refractivity contribution in [2.24, 2.45) is 11.5 Å². The van der Waals surface area contributed by atoms with Crippen molar-refractivity contribution in [1.82, 2.24) is 9.13 Å². The number of fused-ring (bicyclic) bond motifs is 9. The van der Waals surface area contributed by atoms with Gasteiger partial charge < -0.3 is 20.6 Å².